The van der Waals surface area contributed by atoms with Gasteiger partial charge in [0.15, 0.2) is 0 Å². The summed E-state index contributed by atoms with van der Waals surface area (Å²) >= 11 is 0. The smallest absolute Gasteiger partial charge is 0.251 e. The van der Waals surface area contributed by atoms with Gasteiger partial charge in [-0.3, -0.25) is 14.4 Å². The van der Waals surface area contributed by atoms with E-state index >= 15 is 0 Å². The number of rotatable bonds is 8. The molecule has 3 amide bonds. The summed E-state index contributed by atoms with van der Waals surface area (Å²) in [6.07, 6.45) is 2.23. The molecule has 2 aromatic rings. The highest BCUT2D eigenvalue weighted by atomic mass is 19.1. The maximum atomic E-state index is 13.0. The molecule has 1 aliphatic rings. The zero-order chi connectivity index (χ0) is 22.9. The number of piperidine rings is 1. The van der Waals surface area contributed by atoms with Crippen molar-refractivity contribution in [2.75, 3.05) is 26.2 Å². The van der Waals surface area contributed by atoms with Crippen LogP contribution in [0.2, 0.25) is 0 Å². The third-order valence-corrected chi connectivity index (χ3v) is 5.46. The first-order valence-corrected chi connectivity index (χ1v) is 10.8. The lowest BCUT2D eigenvalue weighted by molar-refractivity contribution is -0.135. The monoisotopic (exact) mass is 441 g/mol. The molecule has 1 saturated heterocycles. The molecule has 0 spiro atoms. The van der Waals surface area contributed by atoms with Crippen LogP contribution in [0.15, 0.2) is 48.5 Å². The van der Waals surface area contributed by atoms with E-state index < -0.39 is 0 Å². The molecule has 0 saturated carbocycles. The molecule has 0 radical (unpaired) electrons. The minimum atomic E-state index is -0.338. The van der Waals surface area contributed by atoms with Crippen molar-refractivity contribution >= 4 is 17.7 Å². The molecular formula is C24H28FN3O4. The Labute approximate surface area is 186 Å². The van der Waals surface area contributed by atoms with Crippen LogP contribution in [0, 0.1) is 11.7 Å². The highest BCUT2D eigenvalue weighted by molar-refractivity contribution is 5.94. The summed E-state index contributed by atoms with van der Waals surface area (Å²) in [4.78, 5) is 38.8. The number of amides is 3. The van der Waals surface area contributed by atoms with Crippen LogP contribution in [0.25, 0.3) is 0 Å². The van der Waals surface area contributed by atoms with E-state index in [1.54, 1.807) is 29.2 Å². The molecule has 2 aromatic carbocycles. The third-order valence-electron chi connectivity index (χ3n) is 5.46. The van der Waals surface area contributed by atoms with Crippen LogP contribution in [0.3, 0.4) is 0 Å². The Kier molecular flexibility index (Phi) is 8.19. The van der Waals surface area contributed by atoms with Crippen molar-refractivity contribution in [2.24, 2.45) is 5.92 Å². The second-order valence-electron chi connectivity index (χ2n) is 7.93. The first-order valence-electron chi connectivity index (χ1n) is 10.8. The Morgan fingerprint density at radius 1 is 1.06 bits per heavy atom. The van der Waals surface area contributed by atoms with Crippen LogP contribution < -0.4 is 10.6 Å². The average molecular weight is 442 g/mol. The molecule has 1 unspecified atom stereocenters. The summed E-state index contributed by atoms with van der Waals surface area (Å²) in [6.45, 7) is 1.80. The zero-order valence-electron chi connectivity index (χ0n) is 17.9. The van der Waals surface area contributed by atoms with Gasteiger partial charge in [0, 0.05) is 31.7 Å². The van der Waals surface area contributed by atoms with E-state index in [1.807, 2.05) is 0 Å². The molecule has 1 aliphatic heterocycles. The van der Waals surface area contributed by atoms with Gasteiger partial charge in [-0.2, -0.15) is 0 Å². The van der Waals surface area contributed by atoms with Gasteiger partial charge in [-0.1, -0.05) is 18.2 Å². The molecule has 1 heterocycles. The summed E-state index contributed by atoms with van der Waals surface area (Å²) in [6, 6.07) is 12.0. The molecule has 1 atom stereocenters. The zero-order valence-corrected chi connectivity index (χ0v) is 17.9. The van der Waals surface area contributed by atoms with Crippen molar-refractivity contribution in [1.29, 1.82) is 0 Å². The van der Waals surface area contributed by atoms with E-state index in [0.29, 0.717) is 38.2 Å². The Morgan fingerprint density at radius 2 is 1.81 bits per heavy atom. The number of nitrogens with one attached hydrogen (secondary N) is 2. The van der Waals surface area contributed by atoms with Crippen molar-refractivity contribution in [1.82, 2.24) is 15.5 Å². The van der Waals surface area contributed by atoms with Crippen molar-refractivity contribution < 1.29 is 23.9 Å². The van der Waals surface area contributed by atoms with E-state index in [4.69, 9.17) is 0 Å². The number of nitrogens with zero attached hydrogens (tertiary/aromatic N) is 1. The molecule has 32 heavy (non-hydrogen) atoms. The van der Waals surface area contributed by atoms with Crippen LogP contribution in [0.1, 0.15) is 35.2 Å². The molecule has 0 bridgehead atoms. The minimum Gasteiger partial charge on any atom is -0.508 e. The predicted molar refractivity (Wildman–Crippen MR) is 117 cm³/mol. The average Bonchev–Trinajstić information content (AvgIpc) is 2.80. The topological polar surface area (TPSA) is 98.7 Å². The SMILES string of the molecule is O=C(NCCCNC(=O)C1CCCN(C(=O)Cc2ccc(F)cc2)C1)c1cccc(O)c1. The molecule has 8 heteroatoms. The van der Waals surface area contributed by atoms with E-state index in [2.05, 4.69) is 10.6 Å². The van der Waals surface area contributed by atoms with Gasteiger partial charge in [0.1, 0.15) is 11.6 Å². The predicted octanol–water partition coefficient (Wildman–Crippen LogP) is 2.25. The molecule has 170 valence electrons. The number of benzene rings is 2. The molecular weight excluding hydrogens is 413 g/mol. The number of phenols is 1. The van der Waals surface area contributed by atoms with Crippen LogP contribution >= 0.6 is 0 Å². The third kappa shape index (κ3) is 6.80. The minimum absolute atomic E-state index is 0.0302. The van der Waals surface area contributed by atoms with E-state index in [0.717, 1.165) is 18.4 Å². The van der Waals surface area contributed by atoms with Crippen molar-refractivity contribution in [2.45, 2.75) is 25.7 Å². The lowest BCUT2D eigenvalue weighted by Crippen LogP contribution is -2.46. The summed E-state index contributed by atoms with van der Waals surface area (Å²) in [5, 5.41) is 15.1. The Hall–Kier alpha value is -3.42. The van der Waals surface area contributed by atoms with Crippen molar-refractivity contribution in [3.05, 3.63) is 65.5 Å². The van der Waals surface area contributed by atoms with Gasteiger partial charge >= 0.3 is 0 Å². The molecule has 3 N–H and O–H groups in total. The number of likely N-dealkylation sites (tertiary alicyclic amines) is 1. The lowest BCUT2D eigenvalue weighted by atomic mass is 9.96. The van der Waals surface area contributed by atoms with Gasteiger partial charge in [-0.15, -0.1) is 0 Å². The van der Waals surface area contributed by atoms with Crippen LogP contribution in [-0.2, 0) is 16.0 Å². The summed E-state index contributed by atoms with van der Waals surface area (Å²) in [7, 11) is 0. The van der Waals surface area contributed by atoms with E-state index in [9.17, 15) is 23.9 Å². The van der Waals surface area contributed by atoms with Gasteiger partial charge in [-0.05, 0) is 55.2 Å². The van der Waals surface area contributed by atoms with E-state index in [-0.39, 0.29) is 41.6 Å². The highest BCUT2D eigenvalue weighted by Crippen LogP contribution is 2.18. The van der Waals surface area contributed by atoms with Gasteiger partial charge in [0.25, 0.3) is 5.91 Å². The number of hydrogen-bond donors (Lipinski definition) is 3. The molecule has 1 fully saturated rings. The van der Waals surface area contributed by atoms with Gasteiger partial charge in [0.2, 0.25) is 11.8 Å². The molecule has 7 nitrogen and oxygen atoms in total. The summed E-state index contributed by atoms with van der Waals surface area (Å²) in [5.41, 5.74) is 1.12. The number of halogens is 1. The maximum Gasteiger partial charge on any atom is 0.251 e. The quantitative estimate of drug-likeness (QED) is 0.547. The second-order valence-corrected chi connectivity index (χ2v) is 7.93. The lowest BCUT2D eigenvalue weighted by Gasteiger charge is -2.32. The summed E-state index contributed by atoms with van der Waals surface area (Å²) < 4.78 is 13.0. The number of carbonyl (C=O) groups is 3. The Bertz CT molecular complexity index is 949. The fourth-order valence-corrected chi connectivity index (χ4v) is 3.70. The van der Waals surface area contributed by atoms with Gasteiger partial charge < -0.3 is 20.6 Å². The second kappa shape index (κ2) is 11.3. The molecule has 0 aliphatic carbocycles. The first-order chi connectivity index (χ1) is 15.4. The maximum absolute atomic E-state index is 13.0. The Balaban J connectivity index is 1.37. The largest absolute Gasteiger partial charge is 0.508 e. The van der Waals surface area contributed by atoms with Gasteiger partial charge in [-0.25, -0.2) is 4.39 Å². The number of aromatic hydroxyl groups is 1. The Morgan fingerprint density at radius 3 is 2.56 bits per heavy atom. The summed E-state index contributed by atoms with van der Waals surface area (Å²) in [5.74, 6) is -1.01. The highest BCUT2D eigenvalue weighted by Gasteiger charge is 2.28. The van der Waals surface area contributed by atoms with Crippen LogP contribution in [0.4, 0.5) is 4.39 Å². The van der Waals surface area contributed by atoms with Crippen molar-refractivity contribution in [3.63, 3.8) is 0 Å². The van der Waals surface area contributed by atoms with Crippen LogP contribution in [-0.4, -0.2) is 53.9 Å². The van der Waals surface area contributed by atoms with Crippen molar-refractivity contribution in [3.8, 4) is 5.75 Å². The van der Waals surface area contributed by atoms with Gasteiger partial charge in [0.05, 0.1) is 12.3 Å². The fraction of sp³-hybridized carbons (Fsp3) is 0.375. The number of hydrogen-bond acceptors (Lipinski definition) is 4. The number of carbonyl (C=O) groups excluding carboxylic acids is 3. The first kappa shape index (κ1) is 23.2. The number of phenolic OH excluding ortho intramolecular Hbond substituents is 1. The molecule has 0 aromatic heterocycles. The fourth-order valence-electron chi connectivity index (χ4n) is 3.70. The normalized spacial score (nSPS) is 15.8. The molecule has 3 rings (SSSR count). The standard InChI is InChI=1S/C24H28FN3O4/c25-20-9-7-17(8-10-20)14-22(30)28-13-2-5-19(16-28)24(32)27-12-3-11-26-23(31)18-4-1-6-21(29)15-18/h1,4,6-10,15,19,29H,2-3,5,11-14,16H2,(H,26,31)(H,27,32). The van der Waals surface area contributed by atoms with Crippen LogP contribution in [0.5, 0.6) is 5.75 Å². The van der Waals surface area contributed by atoms with E-state index in [1.165, 1.54) is 24.3 Å².